The molecule has 0 saturated heterocycles. The minimum Gasteiger partial charge on any atom is -0.394 e. The molecule has 0 fully saturated rings. The normalized spacial score (nSPS) is 15.7. The molecule has 1 radical (unpaired) electrons. The smallest absolute Gasteiger partial charge is 0.0805 e. The van der Waals surface area contributed by atoms with Crippen LogP contribution >= 0.6 is 0 Å². The Kier molecular flexibility index (Phi) is 8.46. The van der Waals surface area contributed by atoms with Crippen LogP contribution in [0.2, 0.25) is 0 Å². The van der Waals surface area contributed by atoms with Gasteiger partial charge in [-0.1, -0.05) is 46.0 Å². The van der Waals surface area contributed by atoms with Gasteiger partial charge in [-0.05, 0) is 12.3 Å². The zero-order chi connectivity index (χ0) is 10.1. The predicted octanol–water partition coefficient (Wildman–Crippen LogP) is 2.15. The van der Waals surface area contributed by atoms with Gasteiger partial charge in [0.2, 0.25) is 0 Å². The first-order valence-electron chi connectivity index (χ1n) is 5.38. The van der Waals surface area contributed by atoms with E-state index >= 15 is 0 Å². The largest absolute Gasteiger partial charge is 0.394 e. The quantitative estimate of drug-likeness (QED) is 0.572. The molecular weight excluding hydrogens is 164 g/mol. The van der Waals surface area contributed by atoms with Crippen molar-refractivity contribution in [2.24, 2.45) is 5.92 Å². The second kappa shape index (κ2) is 8.52. The second-order valence-electron chi connectivity index (χ2n) is 3.61. The molecule has 0 aromatic rings. The first-order valence-corrected chi connectivity index (χ1v) is 5.38. The van der Waals surface area contributed by atoms with Crippen LogP contribution in [0, 0.1) is 12.3 Å². The highest BCUT2D eigenvalue weighted by Crippen LogP contribution is 2.17. The van der Waals surface area contributed by atoms with Gasteiger partial charge in [0.05, 0.1) is 12.7 Å². The number of aliphatic hydroxyl groups is 2. The summed E-state index contributed by atoms with van der Waals surface area (Å²) < 4.78 is 0. The van der Waals surface area contributed by atoms with Crippen molar-refractivity contribution in [3.8, 4) is 0 Å². The van der Waals surface area contributed by atoms with Crippen molar-refractivity contribution in [1.82, 2.24) is 0 Å². The van der Waals surface area contributed by atoms with E-state index in [1.165, 1.54) is 19.3 Å². The Morgan fingerprint density at radius 1 is 1.23 bits per heavy atom. The van der Waals surface area contributed by atoms with Crippen molar-refractivity contribution < 1.29 is 10.2 Å². The average molecular weight is 187 g/mol. The molecule has 2 atom stereocenters. The molecule has 0 aromatic carbocycles. The SMILES string of the molecule is CCCCCC([CH]C(O)CO)CC. The predicted molar refractivity (Wildman–Crippen MR) is 55.3 cm³/mol. The Morgan fingerprint density at radius 2 is 1.92 bits per heavy atom. The highest BCUT2D eigenvalue weighted by molar-refractivity contribution is 4.82. The van der Waals surface area contributed by atoms with E-state index in [9.17, 15) is 5.11 Å². The number of rotatable bonds is 8. The van der Waals surface area contributed by atoms with Gasteiger partial charge >= 0.3 is 0 Å². The zero-order valence-electron chi connectivity index (χ0n) is 8.87. The van der Waals surface area contributed by atoms with Crippen LogP contribution in [0.25, 0.3) is 0 Å². The van der Waals surface area contributed by atoms with E-state index in [-0.39, 0.29) is 6.61 Å². The molecule has 13 heavy (non-hydrogen) atoms. The van der Waals surface area contributed by atoms with E-state index in [0.29, 0.717) is 5.92 Å². The lowest BCUT2D eigenvalue weighted by molar-refractivity contribution is 0.108. The Hall–Kier alpha value is -0.0800. The molecule has 2 N–H and O–H groups in total. The molecule has 0 rings (SSSR count). The molecule has 0 amide bonds. The van der Waals surface area contributed by atoms with Crippen molar-refractivity contribution in [3.63, 3.8) is 0 Å². The Bertz CT molecular complexity index is 104. The molecule has 0 aliphatic carbocycles. The number of hydrogen-bond acceptors (Lipinski definition) is 2. The molecule has 0 bridgehead atoms. The summed E-state index contributed by atoms with van der Waals surface area (Å²) in [5.74, 6) is 0.466. The fourth-order valence-corrected chi connectivity index (χ4v) is 1.47. The third kappa shape index (κ3) is 7.03. The summed E-state index contributed by atoms with van der Waals surface area (Å²) in [5.41, 5.74) is 0. The lowest BCUT2D eigenvalue weighted by Gasteiger charge is -2.16. The Labute approximate surface area is 82.0 Å². The van der Waals surface area contributed by atoms with Gasteiger partial charge in [0.25, 0.3) is 0 Å². The van der Waals surface area contributed by atoms with Crippen LogP contribution in [0.4, 0.5) is 0 Å². The highest BCUT2D eigenvalue weighted by atomic mass is 16.3. The van der Waals surface area contributed by atoms with Crippen LogP contribution in [-0.2, 0) is 0 Å². The van der Waals surface area contributed by atoms with Gasteiger partial charge in [-0.3, -0.25) is 0 Å². The fourth-order valence-electron chi connectivity index (χ4n) is 1.47. The van der Waals surface area contributed by atoms with Crippen LogP contribution in [0.1, 0.15) is 46.0 Å². The van der Waals surface area contributed by atoms with Gasteiger partial charge in [0.15, 0.2) is 0 Å². The standard InChI is InChI=1S/C11H23O2/c1-3-5-6-7-10(4-2)8-11(13)9-12/h8,10-13H,3-7,9H2,1-2H3. The average Bonchev–Trinajstić information content (AvgIpc) is 2.16. The summed E-state index contributed by atoms with van der Waals surface area (Å²) >= 11 is 0. The molecule has 0 aliphatic heterocycles. The third-order valence-electron chi connectivity index (χ3n) is 2.38. The number of hydrogen-bond donors (Lipinski definition) is 2. The van der Waals surface area contributed by atoms with Crippen LogP contribution in [-0.4, -0.2) is 22.9 Å². The Morgan fingerprint density at radius 3 is 2.38 bits per heavy atom. The van der Waals surface area contributed by atoms with Crippen molar-refractivity contribution in [2.45, 2.75) is 52.1 Å². The van der Waals surface area contributed by atoms with Crippen molar-refractivity contribution in [1.29, 1.82) is 0 Å². The van der Waals surface area contributed by atoms with Gasteiger partial charge in [-0.15, -0.1) is 0 Å². The maximum absolute atomic E-state index is 9.21. The molecule has 2 nitrogen and oxygen atoms in total. The third-order valence-corrected chi connectivity index (χ3v) is 2.38. The maximum atomic E-state index is 9.21. The van der Waals surface area contributed by atoms with E-state index in [1.807, 2.05) is 6.42 Å². The van der Waals surface area contributed by atoms with E-state index in [1.54, 1.807) is 0 Å². The van der Waals surface area contributed by atoms with Crippen molar-refractivity contribution in [2.75, 3.05) is 6.61 Å². The Balaban J connectivity index is 3.50. The van der Waals surface area contributed by atoms with Crippen LogP contribution in [0.5, 0.6) is 0 Å². The van der Waals surface area contributed by atoms with Crippen LogP contribution < -0.4 is 0 Å². The summed E-state index contributed by atoms with van der Waals surface area (Å²) in [5, 5.41) is 17.9. The van der Waals surface area contributed by atoms with Gasteiger partial charge in [-0.25, -0.2) is 0 Å². The lowest BCUT2D eigenvalue weighted by atomic mass is 9.93. The molecule has 79 valence electrons. The molecule has 0 aliphatic rings. The molecule has 0 heterocycles. The first kappa shape index (κ1) is 12.9. The van der Waals surface area contributed by atoms with Gasteiger partial charge in [0.1, 0.15) is 0 Å². The van der Waals surface area contributed by atoms with E-state index in [2.05, 4.69) is 13.8 Å². The lowest BCUT2D eigenvalue weighted by Crippen LogP contribution is -2.18. The van der Waals surface area contributed by atoms with E-state index in [4.69, 9.17) is 5.11 Å². The molecule has 2 unspecified atom stereocenters. The molecule has 0 spiro atoms. The molecular formula is C11H23O2. The minimum atomic E-state index is -0.633. The zero-order valence-corrected chi connectivity index (χ0v) is 8.87. The van der Waals surface area contributed by atoms with E-state index in [0.717, 1.165) is 12.8 Å². The highest BCUT2D eigenvalue weighted by Gasteiger charge is 2.11. The number of unbranched alkanes of at least 4 members (excludes halogenated alkanes) is 2. The van der Waals surface area contributed by atoms with Crippen LogP contribution in [0.15, 0.2) is 0 Å². The van der Waals surface area contributed by atoms with Gasteiger partial charge in [-0.2, -0.15) is 0 Å². The minimum absolute atomic E-state index is 0.149. The summed E-state index contributed by atoms with van der Waals surface area (Å²) in [4.78, 5) is 0. The molecule has 0 aromatic heterocycles. The molecule has 2 heteroatoms. The first-order chi connectivity index (χ1) is 6.24. The van der Waals surface area contributed by atoms with Crippen molar-refractivity contribution in [3.05, 3.63) is 6.42 Å². The van der Waals surface area contributed by atoms with Crippen molar-refractivity contribution >= 4 is 0 Å². The molecule has 0 saturated carbocycles. The monoisotopic (exact) mass is 187 g/mol. The summed E-state index contributed by atoms with van der Waals surface area (Å²) in [7, 11) is 0. The second-order valence-corrected chi connectivity index (χ2v) is 3.61. The van der Waals surface area contributed by atoms with E-state index < -0.39 is 6.10 Å². The van der Waals surface area contributed by atoms with Gasteiger partial charge < -0.3 is 10.2 Å². The summed E-state index contributed by atoms with van der Waals surface area (Å²) in [6.45, 7) is 4.16. The van der Waals surface area contributed by atoms with Crippen LogP contribution in [0.3, 0.4) is 0 Å². The summed E-state index contributed by atoms with van der Waals surface area (Å²) in [6.07, 6.45) is 7.16. The fraction of sp³-hybridized carbons (Fsp3) is 0.909. The number of aliphatic hydroxyl groups excluding tert-OH is 2. The summed E-state index contributed by atoms with van der Waals surface area (Å²) in [6, 6.07) is 0. The van der Waals surface area contributed by atoms with Gasteiger partial charge in [0, 0.05) is 0 Å². The maximum Gasteiger partial charge on any atom is 0.0805 e. The topological polar surface area (TPSA) is 40.5 Å².